The zero-order valence-electron chi connectivity index (χ0n) is 9.89. The Morgan fingerprint density at radius 1 is 1.39 bits per heavy atom. The predicted octanol–water partition coefficient (Wildman–Crippen LogP) is -0.650. The predicted molar refractivity (Wildman–Crippen MR) is 58.6 cm³/mol. The third-order valence-electron chi connectivity index (χ3n) is 2.27. The molecule has 0 aromatic carbocycles. The van der Waals surface area contributed by atoms with Crippen molar-refractivity contribution < 1.29 is 9.90 Å². The van der Waals surface area contributed by atoms with E-state index in [1.165, 1.54) is 4.68 Å². The van der Waals surface area contributed by atoms with Gasteiger partial charge >= 0.3 is 5.97 Å². The summed E-state index contributed by atoms with van der Waals surface area (Å²) in [6.07, 6.45) is 2.56. The minimum atomic E-state index is -0.972. The minimum Gasteiger partial charge on any atom is -0.481 e. The Hall–Kier alpha value is -2.32. The highest BCUT2D eigenvalue weighted by Gasteiger charge is 2.12. The highest BCUT2D eigenvalue weighted by atomic mass is 16.4. The molecule has 0 aliphatic carbocycles. The Bertz CT molecular complexity index is 533. The number of hydrogen-bond donors (Lipinski definition) is 1. The summed E-state index contributed by atoms with van der Waals surface area (Å²) in [5.74, 6) is -0.673. The van der Waals surface area contributed by atoms with Gasteiger partial charge in [-0.05, 0) is 16.8 Å². The number of aryl methyl sites for hydroxylation is 1. The molecule has 2 rings (SSSR count). The number of carbonyl (C=O) groups is 1. The summed E-state index contributed by atoms with van der Waals surface area (Å²) in [6.45, 7) is 3.16. The van der Waals surface area contributed by atoms with Gasteiger partial charge in [0, 0.05) is 6.54 Å². The van der Waals surface area contributed by atoms with Gasteiger partial charge in [0.25, 0.3) is 0 Å². The first-order valence-corrected chi connectivity index (χ1v) is 5.55. The van der Waals surface area contributed by atoms with Crippen molar-refractivity contribution in [2.75, 3.05) is 0 Å². The second kappa shape index (κ2) is 5.34. The van der Waals surface area contributed by atoms with Crippen LogP contribution in [0, 0.1) is 0 Å². The van der Waals surface area contributed by atoms with Gasteiger partial charge in [-0.3, -0.25) is 9.48 Å². The second-order valence-corrected chi connectivity index (χ2v) is 3.80. The van der Waals surface area contributed by atoms with Crippen molar-refractivity contribution in [1.29, 1.82) is 0 Å². The molecule has 2 heterocycles. The van der Waals surface area contributed by atoms with Crippen molar-refractivity contribution in [2.45, 2.75) is 32.9 Å². The zero-order valence-corrected chi connectivity index (χ0v) is 9.89. The van der Waals surface area contributed by atoms with Gasteiger partial charge in [-0.1, -0.05) is 12.1 Å². The van der Waals surface area contributed by atoms with Gasteiger partial charge in [-0.25, -0.2) is 4.68 Å². The van der Waals surface area contributed by atoms with Gasteiger partial charge in [-0.2, -0.15) is 0 Å². The molecule has 0 radical (unpaired) electrons. The van der Waals surface area contributed by atoms with Crippen LogP contribution < -0.4 is 0 Å². The average molecular weight is 251 g/mol. The van der Waals surface area contributed by atoms with Crippen molar-refractivity contribution in [3.05, 3.63) is 17.7 Å². The van der Waals surface area contributed by atoms with Crippen LogP contribution in [0.4, 0.5) is 0 Å². The Morgan fingerprint density at radius 3 is 2.94 bits per heavy atom. The van der Waals surface area contributed by atoms with Gasteiger partial charge in [0.15, 0.2) is 5.82 Å². The summed E-state index contributed by atoms with van der Waals surface area (Å²) in [7, 11) is 0. The quantitative estimate of drug-likeness (QED) is 0.725. The number of rotatable bonds is 6. The Balaban J connectivity index is 2.08. The SMILES string of the molecule is CCCn1cc(Cn2nnnc2CC(=O)O)nn1. The van der Waals surface area contributed by atoms with Crippen molar-refractivity contribution in [1.82, 2.24) is 35.2 Å². The molecule has 0 atom stereocenters. The number of nitrogens with zero attached hydrogens (tertiary/aromatic N) is 7. The molecule has 0 aliphatic rings. The summed E-state index contributed by atoms with van der Waals surface area (Å²) >= 11 is 0. The molecule has 0 amide bonds. The van der Waals surface area contributed by atoms with Gasteiger partial charge in [0.05, 0.1) is 12.7 Å². The van der Waals surface area contributed by atoms with E-state index < -0.39 is 5.97 Å². The van der Waals surface area contributed by atoms with E-state index in [0.29, 0.717) is 18.1 Å². The Labute approximate surface area is 102 Å². The molecule has 0 saturated carbocycles. The molecule has 0 fully saturated rings. The average Bonchev–Trinajstić information content (AvgIpc) is 2.90. The lowest BCUT2D eigenvalue weighted by Crippen LogP contribution is -2.11. The smallest absolute Gasteiger partial charge is 0.311 e. The first kappa shape index (κ1) is 12.1. The van der Waals surface area contributed by atoms with E-state index in [4.69, 9.17) is 5.11 Å². The monoisotopic (exact) mass is 251 g/mol. The molecule has 1 N–H and O–H groups in total. The van der Waals surface area contributed by atoms with Gasteiger partial charge in [0.2, 0.25) is 0 Å². The lowest BCUT2D eigenvalue weighted by Gasteiger charge is -1.99. The zero-order chi connectivity index (χ0) is 13.0. The number of carboxylic acids is 1. The first-order chi connectivity index (χ1) is 8.69. The third kappa shape index (κ3) is 2.87. The van der Waals surface area contributed by atoms with Crippen molar-refractivity contribution >= 4 is 5.97 Å². The van der Waals surface area contributed by atoms with Crippen LogP contribution in [0.1, 0.15) is 24.9 Å². The summed E-state index contributed by atoms with van der Waals surface area (Å²) < 4.78 is 3.14. The number of aliphatic carboxylic acids is 1. The van der Waals surface area contributed by atoms with Crippen molar-refractivity contribution in [3.63, 3.8) is 0 Å². The Kier molecular flexibility index (Phi) is 3.60. The molecule has 96 valence electrons. The molecule has 9 nitrogen and oxygen atoms in total. The summed E-state index contributed by atoms with van der Waals surface area (Å²) in [4.78, 5) is 10.6. The van der Waals surface area contributed by atoms with E-state index in [1.54, 1.807) is 10.9 Å². The van der Waals surface area contributed by atoms with Crippen molar-refractivity contribution in [3.8, 4) is 0 Å². The molecule has 0 unspecified atom stereocenters. The van der Waals surface area contributed by atoms with Crippen LogP contribution in [-0.2, 0) is 24.3 Å². The summed E-state index contributed by atoms with van der Waals surface area (Å²) in [5.41, 5.74) is 0.697. The molecule has 0 saturated heterocycles. The fourth-order valence-electron chi connectivity index (χ4n) is 1.51. The molecular weight excluding hydrogens is 238 g/mol. The minimum absolute atomic E-state index is 0.212. The van der Waals surface area contributed by atoms with E-state index in [9.17, 15) is 4.79 Å². The van der Waals surface area contributed by atoms with Crippen LogP contribution in [0.2, 0.25) is 0 Å². The first-order valence-electron chi connectivity index (χ1n) is 5.55. The normalized spacial score (nSPS) is 10.7. The number of carboxylic acid groups (broad SMARTS) is 1. The van der Waals surface area contributed by atoms with Crippen LogP contribution in [0.15, 0.2) is 6.20 Å². The highest BCUT2D eigenvalue weighted by Crippen LogP contribution is 2.01. The fraction of sp³-hybridized carbons (Fsp3) is 0.556. The van der Waals surface area contributed by atoms with Crippen LogP contribution >= 0.6 is 0 Å². The van der Waals surface area contributed by atoms with Crippen LogP contribution in [-0.4, -0.2) is 46.3 Å². The van der Waals surface area contributed by atoms with Crippen LogP contribution in [0.3, 0.4) is 0 Å². The second-order valence-electron chi connectivity index (χ2n) is 3.80. The maximum absolute atomic E-state index is 10.6. The molecule has 0 bridgehead atoms. The molecule has 0 aliphatic heterocycles. The topological polar surface area (TPSA) is 112 Å². The maximum Gasteiger partial charge on any atom is 0.311 e. The van der Waals surface area contributed by atoms with Gasteiger partial charge in [-0.15, -0.1) is 10.2 Å². The number of hydrogen-bond acceptors (Lipinski definition) is 6. The van der Waals surface area contributed by atoms with E-state index in [2.05, 4.69) is 25.8 Å². The van der Waals surface area contributed by atoms with E-state index in [0.717, 1.165) is 13.0 Å². The van der Waals surface area contributed by atoms with Crippen LogP contribution in [0.5, 0.6) is 0 Å². The number of aromatic nitrogens is 7. The number of tetrazole rings is 1. The molecule has 9 heteroatoms. The molecule has 2 aromatic heterocycles. The maximum atomic E-state index is 10.6. The molecular formula is C9H13N7O2. The third-order valence-corrected chi connectivity index (χ3v) is 2.27. The van der Waals surface area contributed by atoms with Gasteiger partial charge < -0.3 is 5.11 Å². The standard InChI is InChI=1S/C9H13N7O2/c1-2-3-15-5-7(10-13-15)6-16-8(4-9(17)18)11-12-14-16/h5H,2-4,6H2,1H3,(H,17,18). The highest BCUT2D eigenvalue weighted by molar-refractivity contribution is 5.68. The Morgan fingerprint density at radius 2 is 2.22 bits per heavy atom. The molecule has 2 aromatic rings. The van der Waals surface area contributed by atoms with E-state index in [1.807, 2.05) is 6.92 Å². The summed E-state index contributed by atoms with van der Waals surface area (Å²) in [6, 6.07) is 0. The van der Waals surface area contributed by atoms with Crippen molar-refractivity contribution in [2.24, 2.45) is 0 Å². The lowest BCUT2D eigenvalue weighted by atomic mass is 10.4. The van der Waals surface area contributed by atoms with Gasteiger partial charge in [0.1, 0.15) is 12.1 Å². The molecule has 0 spiro atoms. The van der Waals surface area contributed by atoms with E-state index >= 15 is 0 Å². The summed E-state index contributed by atoms with van der Waals surface area (Å²) in [5, 5.41) is 27.5. The fourth-order valence-corrected chi connectivity index (χ4v) is 1.51. The van der Waals surface area contributed by atoms with Crippen LogP contribution in [0.25, 0.3) is 0 Å². The largest absolute Gasteiger partial charge is 0.481 e. The van der Waals surface area contributed by atoms with E-state index in [-0.39, 0.29) is 6.42 Å². The molecule has 18 heavy (non-hydrogen) atoms. The lowest BCUT2D eigenvalue weighted by molar-refractivity contribution is -0.136.